The summed E-state index contributed by atoms with van der Waals surface area (Å²) in [5.74, 6) is 0.748. The van der Waals surface area contributed by atoms with Crippen molar-refractivity contribution in [2.45, 2.75) is 72.1 Å². The molecule has 0 aromatic heterocycles. The lowest BCUT2D eigenvalue weighted by atomic mass is 10.0. The van der Waals surface area contributed by atoms with Crippen LogP contribution in [0.2, 0.25) is 0 Å². The van der Waals surface area contributed by atoms with Crippen molar-refractivity contribution < 1.29 is 19.1 Å². The fourth-order valence-corrected chi connectivity index (χ4v) is 2.29. The number of hydrogen-bond acceptors (Lipinski definition) is 4. The van der Waals surface area contributed by atoms with E-state index in [0.717, 1.165) is 32.1 Å². The summed E-state index contributed by atoms with van der Waals surface area (Å²) in [7, 11) is 0. The molecule has 0 heterocycles. The predicted molar refractivity (Wildman–Crippen MR) is 95.2 cm³/mol. The predicted octanol–water partition coefficient (Wildman–Crippen LogP) is 5.29. The monoisotopic (exact) mass is 334 g/mol. The zero-order chi connectivity index (χ0) is 17.8. The first-order valence-electron chi connectivity index (χ1n) is 9.03. The Morgan fingerprint density at radius 1 is 0.875 bits per heavy atom. The fraction of sp³-hybridized carbons (Fsp3) is 0.600. The normalized spacial score (nSPS) is 10.7. The van der Waals surface area contributed by atoms with Crippen LogP contribution in [-0.2, 0) is 9.59 Å². The number of carbonyl (C=O) groups excluding carboxylic acids is 2. The number of hydrogen-bond donors (Lipinski definition) is 0. The molecule has 4 heteroatoms. The van der Waals surface area contributed by atoms with Crippen LogP contribution in [-0.4, -0.2) is 11.9 Å². The van der Waals surface area contributed by atoms with Gasteiger partial charge in [0.2, 0.25) is 0 Å². The van der Waals surface area contributed by atoms with Crippen LogP contribution in [0, 0.1) is 5.92 Å². The van der Waals surface area contributed by atoms with E-state index < -0.39 is 0 Å². The van der Waals surface area contributed by atoms with Crippen LogP contribution in [0.1, 0.15) is 72.1 Å². The standard InChI is InChI=1S/C20H30O4/c1-4-5-14-19(21)23-17-12-9-10-13-18(17)24-20(22)15-8-6-7-11-16(2)3/h9-10,12-13,16H,4-8,11,14-15H2,1-3H3. The topological polar surface area (TPSA) is 52.6 Å². The van der Waals surface area contributed by atoms with E-state index in [2.05, 4.69) is 13.8 Å². The molecule has 1 aromatic carbocycles. The van der Waals surface area contributed by atoms with E-state index in [9.17, 15) is 9.59 Å². The Hall–Kier alpha value is -1.84. The van der Waals surface area contributed by atoms with Gasteiger partial charge in [0.1, 0.15) is 0 Å². The molecule has 0 unspecified atom stereocenters. The van der Waals surface area contributed by atoms with Gasteiger partial charge >= 0.3 is 11.9 Å². The van der Waals surface area contributed by atoms with E-state index in [4.69, 9.17) is 9.47 Å². The van der Waals surface area contributed by atoms with Crippen molar-refractivity contribution in [1.82, 2.24) is 0 Å². The van der Waals surface area contributed by atoms with Crippen LogP contribution in [0.4, 0.5) is 0 Å². The highest BCUT2D eigenvalue weighted by Gasteiger charge is 2.13. The van der Waals surface area contributed by atoms with Gasteiger partial charge in [-0.2, -0.15) is 0 Å². The lowest BCUT2D eigenvalue weighted by Gasteiger charge is -2.10. The summed E-state index contributed by atoms with van der Waals surface area (Å²) in [6.45, 7) is 6.42. The minimum absolute atomic E-state index is 0.281. The molecule has 24 heavy (non-hydrogen) atoms. The minimum Gasteiger partial charge on any atom is -0.423 e. The summed E-state index contributed by atoms with van der Waals surface area (Å²) in [4.78, 5) is 23.7. The Balaban J connectivity index is 2.43. The van der Waals surface area contributed by atoms with Crippen molar-refractivity contribution in [3.63, 3.8) is 0 Å². The SMILES string of the molecule is CCCCC(=O)Oc1ccccc1OC(=O)CCCCCC(C)C. The van der Waals surface area contributed by atoms with Crippen molar-refractivity contribution >= 4 is 11.9 Å². The molecule has 0 atom stereocenters. The third-order valence-electron chi connectivity index (χ3n) is 3.69. The maximum absolute atomic E-state index is 12.0. The number of rotatable bonds is 11. The average molecular weight is 334 g/mol. The summed E-state index contributed by atoms with van der Waals surface area (Å²) in [5, 5.41) is 0. The van der Waals surface area contributed by atoms with Crippen LogP contribution >= 0.6 is 0 Å². The molecule has 0 aliphatic carbocycles. The van der Waals surface area contributed by atoms with Crippen LogP contribution in [0.25, 0.3) is 0 Å². The second-order valence-corrected chi connectivity index (χ2v) is 6.49. The van der Waals surface area contributed by atoms with E-state index in [1.165, 1.54) is 6.42 Å². The van der Waals surface area contributed by atoms with E-state index in [-0.39, 0.29) is 11.9 Å². The van der Waals surface area contributed by atoms with Gasteiger partial charge in [-0.15, -0.1) is 0 Å². The minimum atomic E-state index is -0.297. The second kappa shape index (κ2) is 11.7. The first kappa shape index (κ1) is 20.2. The smallest absolute Gasteiger partial charge is 0.311 e. The molecule has 0 saturated carbocycles. The molecular formula is C20H30O4. The first-order chi connectivity index (χ1) is 11.5. The third kappa shape index (κ3) is 8.70. The largest absolute Gasteiger partial charge is 0.423 e. The molecule has 134 valence electrons. The molecule has 1 aromatic rings. The molecule has 0 radical (unpaired) electrons. The third-order valence-corrected chi connectivity index (χ3v) is 3.69. The number of carbonyl (C=O) groups is 2. The molecule has 0 spiro atoms. The molecule has 1 rings (SSSR count). The Kier molecular flexibility index (Phi) is 9.81. The van der Waals surface area contributed by atoms with E-state index in [1.807, 2.05) is 6.92 Å². The average Bonchev–Trinajstić information content (AvgIpc) is 2.54. The summed E-state index contributed by atoms with van der Waals surface area (Å²) >= 11 is 0. The van der Waals surface area contributed by atoms with Gasteiger partial charge < -0.3 is 9.47 Å². The maximum atomic E-state index is 12.0. The number of benzene rings is 1. The molecule has 0 N–H and O–H groups in total. The summed E-state index contributed by atoms with van der Waals surface area (Å²) in [5.41, 5.74) is 0. The molecular weight excluding hydrogens is 304 g/mol. The second-order valence-electron chi connectivity index (χ2n) is 6.49. The van der Waals surface area contributed by atoms with Crippen LogP contribution < -0.4 is 9.47 Å². The molecule has 0 aliphatic rings. The van der Waals surface area contributed by atoms with Gasteiger partial charge in [0, 0.05) is 12.8 Å². The van der Waals surface area contributed by atoms with Gasteiger partial charge in [-0.3, -0.25) is 9.59 Å². The molecule has 0 amide bonds. The Labute approximate surface area is 145 Å². The van der Waals surface area contributed by atoms with Crippen LogP contribution in [0.5, 0.6) is 11.5 Å². The highest BCUT2D eigenvalue weighted by Crippen LogP contribution is 2.27. The van der Waals surface area contributed by atoms with Gasteiger partial charge in [0.15, 0.2) is 11.5 Å². The van der Waals surface area contributed by atoms with E-state index in [0.29, 0.717) is 30.3 Å². The number of para-hydroxylation sites is 2. The van der Waals surface area contributed by atoms with Gasteiger partial charge in [-0.25, -0.2) is 0 Å². The van der Waals surface area contributed by atoms with Crippen LogP contribution in [0.15, 0.2) is 24.3 Å². The number of unbranched alkanes of at least 4 members (excludes halogenated alkanes) is 3. The van der Waals surface area contributed by atoms with Crippen molar-refractivity contribution in [2.75, 3.05) is 0 Å². The Bertz CT molecular complexity index is 508. The first-order valence-corrected chi connectivity index (χ1v) is 9.03. The number of ether oxygens (including phenoxy) is 2. The molecule has 0 saturated heterocycles. The lowest BCUT2D eigenvalue weighted by Crippen LogP contribution is -2.11. The summed E-state index contributed by atoms with van der Waals surface area (Å²) in [6.07, 6.45) is 6.65. The van der Waals surface area contributed by atoms with E-state index >= 15 is 0 Å². The van der Waals surface area contributed by atoms with Gasteiger partial charge in [-0.1, -0.05) is 58.6 Å². The van der Waals surface area contributed by atoms with Gasteiger partial charge in [0.05, 0.1) is 0 Å². The highest BCUT2D eigenvalue weighted by atomic mass is 16.6. The van der Waals surface area contributed by atoms with Crippen molar-refractivity contribution in [2.24, 2.45) is 5.92 Å². The molecule has 4 nitrogen and oxygen atoms in total. The van der Waals surface area contributed by atoms with Crippen molar-refractivity contribution in [1.29, 1.82) is 0 Å². The quantitative estimate of drug-likeness (QED) is 0.313. The molecule has 0 bridgehead atoms. The zero-order valence-electron chi connectivity index (χ0n) is 15.2. The molecule has 0 fully saturated rings. The lowest BCUT2D eigenvalue weighted by molar-refractivity contribution is -0.137. The van der Waals surface area contributed by atoms with Crippen molar-refractivity contribution in [3.05, 3.63) is 24.3 Å². The summed E-state index contributed by atoms with van der Waals surface area (Å²) < 4.78 is 10.7. The summed E-state index contributed by atoms with van der Waals surface area (Å²) in [6, 6.07) is 6.81. The van der Waals surface area contributed by atoms with E-state index in [1.54, 1.807) is 24.3 Å². The Morgan fingerprint density at radius 3 is 1.92 bits per heavy atom. The maximum Gasteiger partial charge on any atom is 0.311 e. The van der Waals surface area contributed by atoms with Gasteiger partial charge in [0.25, 0.3) is 0 Å². The van der Waals surface area contributed by atoms with Crippen molar-refractivity contribution in [3.8, 4) is 11.5 Å². The number of esters is 2. The molecule has 0 aliphatic heterocycles. The zero-order valence-corrected chi connectivity index (χ0v) is 15.2. The Morgan fingerprint density at radius 2 is 1.42 bits per heavy atom. The highest BCUT2D eigenvalue weighted by molar-refractivity contribution is 5.76. The van der Waals surface area contributed by atoms with Crippen LogP contribution in [0.3, 0.4) is 0 Å². The fourth-order valence-electron chi connectivity index (χ4n) is 2.29. The van der Waals surface area contributed by atoms with Gasteiger partial charge in [-0.05, 0) is 30.9 Å².